The molecule has 2 nitrogen and oxygen atoms in total. The minimum absolute atomic E-state index is 0.287. The Balaban J connectivity index is 2.31. The average Bonchev–Trinajstić information content (AvgIpc) is 2.36. The van der Waals surface area contributed by atoms with Gasteiger partial charge in [-0.1, -0.05) is 24.3 Å². The summed E-state index contributed by atoms with van der Waals surface area (Å²) in [5.41, 5.74) is 3.13. The normalized spacial score (nSPS) is 17.7. The third-order valence-electron chi connectivity index (χ3n) is 3.23. The van der Waals surface area contributed by atoms with Gasteiger partial charge in [-0.3, -0.25) is 4.79 Å². The first-order chi connectivity index (χ1) is 8.89. The topological polar surface area (TPSA) is 29.1 Å². The van der Waals surface area contributed by atoms with Gasteiger partial charge in [-0.2, -0.15) is 13.2 Å². The molecule has 0 aromatic heterocycles. The van der Waals surface area contributed by atoms with Crippen LogP contribution < -0.4 is 5.32 Å². The zero-order valence-electron chi connectivity index (χ0n) is 10.5. The first-order valence-corrected chi connectivity index (χ1v) is 6.06. The summed E-state index contributed by atoms with van der Waals surface area (Å²) in [6, 6.07) is 7.61. The van der Waals surface area contributed by atoms with Gasteiger partial charge in [0.15, 0.2) is 0 Å². The molecule has 0 saturated heterocycles. The molecule has 0 radical (unpaired) electrons. The summed E-state index contributed by atoms with van der Waals surface area (Å²) in [4.78, 5) is 11.0. The van der Waals surface area contributed by atoms with Crippen LogP contribution in [0.1, 0.15) is 30.9 Å². The van der Waals surface area contributed by atoms with E-state index in [9.17, 15) is 18.0 Å². The molecule has 1 aliphatic rings. The molecule has 0 heterocycles. The van der Waals surface area contributed by atoms with Crippen LogP contribution in [0.4, 0.5) is 13.2 Å². The van der Waals surface area contributed by atoms with E-state index in [-0.39, 0.29) is 5.70 Å². The highest BCUT2D eigenvalue weighted by Crippen LogP contribution is 2.32. The van der Waals surface area contributed by atoms with Gasteiger partial charge in [0.1, 0.15) is 0 Å². The van der Waals surface area contributed by atoms with Crippen molar-refractivity contribution in [1.29, 1.82) is 0 Å². The molecule has 1 aliphatic carbocycles. The van der Waals surface area contributed by atoms with E-state index < -0.39 is 12.1 Å². The SMILES string of the molecule is CC(NC(=O)C(F)(F)F)=C1CCCc2ccccc21. The molecule has 0 unspecified atom stereocenters. The number of amides is 1. The molecule has 2 rings (SSSR count). The van der Waals surface area contributed by atoms with Crippen molar-refractivity contribution in [2.24, 2.45) is 0 Å². The van der Waals surface area contributed by atoms with Crippen LogP contribution in [0.15, 0.2) is 30.0 Å². The van der Waals surface area contributed by atoms with Gasteiger partial charge >= 0.3 is 12.1 Å². The van der Waals surface area contributed by atoms with E-state index >= 15 is 0 Å². The van der Waals surface area contributed by atoms with Crippen LogP contribution in [-0.2, 0) is 11.2 Å². The van der Waals surface area contributed by atoms with E-state index in [1.54, 1.807) is 0 Å². The van der Waals surface area contributed by atoms with Crippen molar-refractivity contribution in [3.63, 3.8) is 0 Å². The highest BCUT2D eigenvalue weighted by Gasteiger charge is 2.39. The lowest BCUT2D eigenvalue weighted by atomic mass is 9.86. The average molecular weight is 269 g/mol. The number of hydrogen-bond donors (Lipinski definition) is 1. The molecule has 1 N–H and O–H groups in total. The molecular weight excluding hydrogens is 255 g/mol. The monoisotopic (exact) mass is 269 g/mol. The van der Waals surface area contributed by atoms with Gasteiger partial charge in [-0.15, -0.1) is 0 Å². The van der Waals surface area contributed by atoms with Crippen LogP contribution in [-0.4, -0.2) is 12.1 Å². The Morgan fingerprint density at radius 1 is 1.21 bits per heavy atom. The molecule has 1 aromatic rings. The largest absolute Gasteiger partial charge is 0.471 e. The number of benzene rings is 1. The summed E-state index contributed by atoms with van der Waals surface area (Å²) >= 11 is 0. The van der Waals surface area contributed by atoms with Crippen LogP contribution in [0, 0.1) is 0 Å². The minimum Gasteiger partial charge on any atom is -0.322 e. The fraction of sp³-hybridized carbons (Fsp3) is 0.357. The van der Waals surface area contributed by atoms with E-state index in [0.717, 1.165) is 29.5 Å². The maximum Gasteiger partial charge on any atom is 0.471 e. The Hall–Kier alpha value is -1.78. The second-order valence-corrected chi connectivity index (χ2v) is 4.57. The molecule has 1 aromatic carbocycles. The first-order valence-electron chi connectivity index (χ1n) is 6.06. The molecule has 5 heteroatoms. The number of aryl methyl sites for hydroxylation is 1. The van der Waals surface area contributed by atoms with E-state index in [1.165, 1.54) is 6.92 Å². The van der Waals surface area contributed by atoms with E-state index in [1.807, 2.05) is 29.6 Å². The van der Waals surface area contributed by atoms with Gasteiger partial charge in [0.25, 0.3) is 0 Å². The summed E-state index contributed by atoms with van der Waals surface area (Å²) in [6.07, 6.45) is -2.37. The highest BCUT2D eigenvalue weighted by atomic mass is 19.4. The second-order valence-electron chi connectivity index (χ2n) is 4.57. The molecule has 0 aliphatic heterocycles. The maximum absolute atomic E-state index is 12.2. The quantitative estimate of drug-likeness (QED) is 0.831. The van der Waals surface area contributed by atoms with Gasteiger partial charge in [-0.25, -0.2) is 0 Å². The van der Waals surface area contributed by atoms with Crippen molar-refractivity contribution in [3.05, 3.63) is 41.1 Å². The van der Waals surface area contributed by atoms with Crippen molar-refractivity contribution in [1.82, 2.24) is 5.32 Å². The molecule has 0 fully saturated rings. The smallest absolute Gasteiger partial charge is 0.322 e. The lowest BCUT2D eigenvalue weighted by Crippen LogP contribution is -2.36. The van der Waals surface area contributed by atoms with Gasteiger partial charge in [0.05, 0.1) is 0 Å². The zero-order valence-corrected chi connectivity index (χ0v) is 10.5. The summed E-state index contributed by atoms with van der Waals surface area (Å²) in [5, 5.41) is 1.95. The molecule has 0 saturated carbocycles. The van der Waals surface area contributed by atoms with Crippen molar-refractivity contribution in [2.45, 2.75) is 32.4 Å². The van der Waals surface area contributed by atoms with Gasteiger partial charge in [0, 0.05) is 5.70 Å². The van der Waals surface area contributed by atoms with Gasteiger partial charge in [-0.05, 0) is 42.9 Å². The Morgan fingerprint density at radius 3 is 2.58 bits per heavy atom. The van der Waals surface area contributed by atoms with Crippen LogP contribution in [0.25, 0.3) is 5.57 Å². The molecule has 0 spiro atoms. The number of hydrogen-bond acceptors (Lipinski definition) is 1. The number of fused-ring (bicyclic) bond motifs is 1. The molecule has 0 atom stereocenters. The number of carbonyl (C=O) groups excluding carboxylic acids is 1. The van der Waals surface area contributed by atoms with Crippen LogP contribution in [0.2, 0.25) is 0 Å². The molecular formula is C14H14F3NO. The molecule has 102 valence electrons. The third kappa shape index (κ3) is 2.97. The Morgan fingerprint density at radius 2 is 1.89 bits per heavy atom. The molecule has 19 heavy (non-hydrogen) atoms. The van der Waals surface area contributed by atoms with Gasteiger partial charge in [0.2, 0.25) is 0 Å². The van der Waals surface area contributed by atoms with Crippen molar-refractivity contribution in [2.75, 3.05) is 0 Å². The number of nitrogens with one attached hydrogen (secondary N) is 1. The van der Waals surface area contributed by atoms with E-state index in [2.05, 4.69) is 0 Å². The summed E-state index contributed by atoms with van der Waals surface area (Å²) in [6.45, 7) is 1.51. The standard InChI is InChI=1S/C14H14F3NO/c1-9(18-13(19)14(15,16)17)11-8-4-6-10-5-2-3-7-12(10)11/h2-3,5,7H,4,6,8H2,1H3,(H,18,19). The Kier molecular flexibility index (Phi) is 3.64. The molecule has 0 bridgehead atoms. The fourth-order valence-corrected chi connectivity index (χ4v) is 2.33. The van der Waals surface area contributed by atoms with Crippen molar-refractivity contribution < 1.29 is 18.0 Å². The van der Waals surface area contributed by atoms with E-state index in [0.29, 0.717) is 6.42 Å². The number of alkyl halides is 3. The zero-order chi connectivity index (χ0) is 14.0. The van der Waals surface area contributed by atoms with Crippen LogP contribution in [0.3, 0.4) is 0 Å². The summed E-state index contributed by atoms with van der Waals surface area (Å²) < 4.78 is 36.7. The van der Waals surface area contributed by atoms with Gasteiger partial charge < -0.3 is 5.32 Å². The summed E-state index contributed by atoms with van der Waals surface area (Å²) in [7, 11) is 0. The Bertz CT molecular complexity index is 532. The predicted molar refractivity (Wildman–Crippen MR) is 66.2 cm³/mol. The first kappa shape index (κ1) is 13.6. The van der Waals surface area contributed by atoms with Crippen LogP contribution in [0.5, 0.6) is 0 Å². The van der Waals surface area contributed by atoms with Crippen molar-refractivity contribution in [3.8, 4) is 0 Å². The van der Waals surface area contributed by atoms with E-state index in [4.69, 9.17) is 0 Å². The van der Waals surface area contributed by atoms with Crippen LogP contribution >= 0.6 is 0 Å². The third-order valence-corrected chi connectivity index (χ3v) is 3.23. The number of allylic oxidation sites excluding steroid dienone is 2. The maximum atomic E-state index is 12.2. The summed E-state index contributed by atoms with van der Waals surface area (Å²) in [5.74, 6) is -1.92. The minimum atomic E-state index is -4.85. The predicted octanol–water partition coefficient (Wildman–Crippen LogP) is 3.43. The number of rotatable bonds is 1. The van der Waals surface area contributed by atoms with Crippen molar-refractivity contribution >= 4 is 11.5 Å². The number of carbonyl (C=O) groups is 1. The highest BCUT2D eigenvalue weighted by molar-refractivity contribution is 5.85. The lowest BCUT2D eigenvalue weighted by Gasteiger charge is -2.21. The number of halogens is 3. The lowest BCUT2D eigenvalue weighted by molar-refractivity contribution is -0.172. The Labute approximate surface area is 109 Å². The second kappa shape index (κ2) is 5.07. The fourth-order valence-electron chi connectivity index (χ4n) is 2.33. The molecule has 1 amide bonds.